The van der Waals surface area contributed by atoms with Crippen molar-refractivity contribution >= 4 is 5.91 Å². The molecule has 0 bridgehead atoms. The third-order valence-corrected chi connectivity index (χ3v) is 4.53. The fourth-order valence-electron chi connectivity index (χ4n) is 3.04. The molecule has 1 saturated heterocycles. The zero-order valence-corrected chi connectivity index (χ0v) is 14.2. The van der Waals surface area contributed by atoms with Gasteiger partial charge in [-0.05, 0) is 43.5 Å². The molecule has 1 aromatic heterocycles. The highest BCUT2D eigenvalue weighted by molar-refractivity contribution is 5.94. The van der Waals surface area contributed by atoms with E-state index in [0.29, 0.717) is 24.2 Å². The SMILES string of the molecule is N[C@H]1CCCN(C(=O)c2ccc(-c3cccc(C(F)(F)F)n3)cc2)CC1. The fraction of sp³-hybridized carbons (Fsp3) is 0.368. The summed E-state index contributed by atoms with van der Waals surface area (Å²) in [4.78, 5) is 18.1. The van der Waals surface area contributed by atoms with Crippen LogP contribution in [0.5, 0.6) is 0 Å². The van der Waals surface area contributed by atoms with Gasteiger partial charge in [0.05, 0.1) is 5.69 Å². The minimum absolute atomic E-state index is 0.0809. The number of carbonyl (C=O) groups is 1. The van der Waals surface area contributed by atoms with E-state index in [9.17, 15) is 18.0 Å². The molecule has 7 heteroatoms. The molecular formula is C19H20F3N3O. The first-order valence-electron chi connectivity index (χ1n) is 8.54. The minimum atomic E-state index is -4.49. The number of aromatic nitrogens is 1. The number of nitrogens with zero attached hydrogens (tertiary/aromatic N) is 2. The van der Waals surface area contributed by atoms with Gasteiger partial charge in [0.1, 0.15) is 5.69 Å². The van der Waals surface area contributed by atoms with E-state index < -0.39 is 11.9 Å². The number of rotatable bonds is 2. The van der Waals surface area contributed by atoms with Gasteiger partial charge < -0.3 is 10.6 Å². The summed E-state index contributed by atoms with van der Waals surface area (Å²) in [6.07, 6.45) is -1.93. The van der Waals surface area contributed by atoms with E-state index in [2.05, 4.69) is 4.98 Å². The van der Waals surface area contributed by atoms with Gasteiger partial charge in [0.2, 0.25) is 0 Å². The Morgan fingerprint density at radius 3 is 2.50 bits per heavy atom. The molecular weight excluding hydrogens is 343 g/mol. The summed E-state index contributed by atoms with van der Waals surface area (Å²) in [5.41, 5.74) is 6.27. The monoisotopic (exact) mass is 363 g/mol. The van der Waals surface area contributed by atoms with Gasteiger partial charge in [0.15, 0.2) is 0 Å². The van der Waals surface area contributed by atoms with Crippen LogP contribution in [0, 0.1) is 0 Å². The molecule has 2 aromatic rings. The van der Waals surface area contributed by atoms with Crippen LogP contribution in [-0.4, -0.2) is 34.9 Å². The first-order chi connectivity index (χ1) is 12.3. The van der Waals surface area contributed by atoms with Gasteiger partial charge in [-0.1, -0.05) is 18.2 Å². The van der Waals surface area contributed by atoms with Crippen molar-refractivity contribution < 1.29 is 18.0 Å². The zero-order chi connectivity index (χ0) is 18.7. The summed E-state index contributed by atoms with van der Waals surface area (Å²) < 4.78 is 38.4. The molecule has 4 nitrogen and oxygen atoms in total. The molecule has 0 spiro atoms. The first-order valence-corrected chi connectivity index (χ1v) is 8.54. The zero-order valence-electron chi connectivity index (χ0n) is 14.2. The van der Waals surface area contributed by atoms with Gasteiger partial charge in [-0.2, -0.15) is 13.2 Å². The largest absolute Gasteiger partial charge is 0.433 e. The van der Waals surface area contributed by atoms with Crippen molar-refractivity contribution in [2.24, 2.45) is 5.73 Å². The number of halogens is 3. The first kappa shape index (κ1) is 18.4. The molecule has 0 unspecified atom stereocenters. The Morgan fingerprint density at radius 2 is 1.81 bits per heavy atom. The van der Waals surface area contributed by atoms with Crippen LogP contribution in [0.3, 0.4) is 0 Å². The Balaban J connectivity index is 1.77. The van der Waals surface area contributed by atoms with Crippen molar-refractivity contribution in [1.82, 2.24) is 9.88 Å². The second kappa shape index (κ2) is 7.45. The van der Waals surface area contributed by atoms with Crippen molar-refractivity contribution in [2.75, 3.05) is 13.1 Å². The highest BCUT2D eigenvalue weighted by Gasteiger charge is 2.32. The van der Waals surface area contributed by atoms with Gasteiger partial charge in [-0.25, -0.2) is 4.98 Å². The molecule has 26 heavy (non-hydrogen) atoms. The molecule has 2 heterocycles. The third kappa shape index (κ3) is 4.22. The number of likely N-dealkylation sites (tertiary alicyclic amines) is 1. The molecule has 138 valence electrons. The molecule has 2 N–H and O–H groups in total. The number of hydrogen-bond acceptors (Lipinski definition) is 3. The van der Waals surface area contributed by atoms with Crippen LogP contribution in [0.4, 0.5) is 13.2 Å². The molecule has 0 radical (unpaired) electrons. The van der Waals surface area contributed by atoms with Crippen molar-refractivity contribution in [2.45, 2.75) is 31.5 Å². The molecule has 1 amide bonds. The van der Waals surface area contributed by atoms with E-state index in [1.807, 2.05) is 0 Å². The summed E-state index contributed by atoms with van der Waals surface area (Å²) in [6.45, 7) is 1.29. The lowest BCUT2D eigenvalue weighted by Crippen LogP contribution is -2.32. The quantitative estimate of drug-likeness (QED) is 0.885. The van der Waals surface area contributed by atoms with Crippen LogP contribution >= 0.6 is 0 Å². The molecule has 1 aliphatic heterocycles. The van der Waals surface area contributed by atoms with E-state index in [1.54, 1.807) is 29.2 Å². The fourth-order valence-corrected chi connectivity index (χ4v) is 3.04. The number of benzene rings is 1. The summed E-state index contributed by atoms with van der Waals surface area (Å²) in [6, 6.07) is 10.4. The Labute approximate surface area is 149 Å². The maximum atomic E-state index is 12.8. The standard InChI is InChI=1S/C19H20F3N3O/c20-19(21,22)17-5-1-4-16(24-17)13-6-8-14(9-7-13)18(26)25-11-2-3-15(23)10-12-25/h1,4-9,15H,2-3,10-12,23H2/t15-/m0/s1. The molecule has 1 atom stereocenters. The molecule has 0 saturated carbocycles. The average molecular weight is 363 g/mol. The van der Waals surface area contributed by atoms with Crippen LogP contribution in [0.15, 0.2) is 42.5 Å². The van der Waals surface area contributed by atoms with E-state index in [4.69, 9.17) is 5.73 Å². The highest BCUT2D eigenvalue weighted by atomic mass is 19.4. The second-order valence-electron chi connectivity index (χ2n) is 6.47. The second-order valence-corrected chi connectivity index (χ2v) is 6.47. The van der Waals surface area contributed by atoms with Crippen molar-refractivity contribution in [3.63, 3.8) is 0 Å². The lowest BCUT2D eigenvalue weighted by atomic mass is 10.1. The van der Waals surface area contributed by atoms with Crippen LogP contribution < -0.4 is 5.73 Å². The lowest BCUT2D eigenvalue weighted by Gasteiger charge is -2.20. The lowest BCUT2D eigenvalue weighted by molar-refractivity contribution is -0.141. The van der Waals surface area contributed by atoms with E-state index in [1.165, 1.54) is 12.1 Å². The van der Waals surface area contributed by atoms with E-state index in [-0.39, 0.29) is 17.6 Å². The van der Waals surface area contributed by atoms with Gasteiger partial charge in [0, 0.05) is 30.3 Å². The number of pyridine rings is 1. The number of hydrogen-bond donors (Lipinski definition) is 1. The number of amides is 1. The summed E-state index contributed by atoms with van der Waals surface area (Å²) in [7, 11) is 0. The maximum absolute atomic E-state index is 12.8. The van der Waals surface area contributed by atoms with Gasteiger partial charge in [0.25, 0.3) is 5.91 Å². The summed E-state index contributed by atoms with van der Waals surface area (Å²) in [5, 5.41) is 0. The molecule has 1 aliphatic rings. The smallest absolute Gasteiger partial charge is 0.339 e. The van der Waals surface area contributed by atoms with Gasteiger partial charge in [-0.15, -0.1) is 0 Å². The van der Waals surface area contributed by atoms with Crippen LogP contribution in [0.2, 0.25) is 0 Å². The third-order valence-electron chi connectivity index (χ3n) is 4.53. The van der Waals surface area contributed by atoms with E-state index in [0.717, 1.165) is 25.3 Å². The Morgan fingerprint density at radius 1 is 1.08 bits per heavy atom. The average Bonchev–Trinajstić information content (AvgIpc) is 2.85. The predicted octanol–water partition coefficient (Wildman–Crippen LogP) is 3.72. The number of nitrogens with two attached hydrogens (primary N) is 1. The van der Waals surface area contributed by atoms with Crippen LogP contribution in [0.25, 0.3) is 11.3 Å². The Bertz CT molecular complexity index is 774. The molecule has 0 aliphatic carbocycles. The molecule has 1 aromatic carbocycles. The van der Waals surface area contributed by atoms with Crippen LogP contribution in [0.1, 0.15) is 35.3 Å². The van der Waals surface area contributed by atoms with Crippen molar-refractivity contribution in [1.29, 1.82) is 0 Å². The maximum Gasteiger partial charge on any atom is 0.433 e. The van der Waals surface area contributed by atoms with Gasteiger partial charge >= 0.3 is 6.18 Å². The van der Waals surface area contributed by atoms with Crippen molar-refractivity contribution in [3.8, 4) is 11.3 Å². The van der Waals surface area contributed by atoms with E-state index >= 15 is 0 Å². The highest BCUT2D eigenvalue weighted by Crippen LogP contribution is 2.29. The van der Waals surface area contributed by atoms with Crippen molar-refractivity contribution in [3.05, 3.63) is 53.7 Å². The number of alkyl halides is 3. The topological polar surface area (TPSA) is 59.2 Å². The number of carbonyl (C=O) groups excluding carboxylic acids is 1. The normalized spacial score (nSPS) is 18.5. The molecule has 3 rings (SSSR count). The minimum Gasteiger partial charge on any atom is -0.339 e. The van der Waals surface area contributed by atoms with Gasteiger partial charge in [-0.3, -0.25) is 4.79 Å². The Kier molecular flexibility index (Phi) is 5.27. The predicted molar refractivity (Wildman–Crippen MR) is 92.4 cm³/mol. The Hall–Kier alpha value is -2.41. The summed E-state index contributed by atoms with van der Waals surface area (Å²) >= 11 is 0. The summed E-state index contributed by atoms with van der Waals surface area (Å²) in [5.74, 6) is -0.0809. The van der Waals surface area contributed by atoms with Crippen LogP contribution in [-0.2, 0) is 6.18 Å². The molecule has 1 fully saturated rings.